The molecule has 0 radical (unpaired) electrons. The van der Waals surface area contributed by atoms with Gasteiger partial charge in [-0.2, -0.15) is 51.7 Å². The topological polar surface area (TPSA) is 37.1 Å². The molecule has 0 fully saturated rings. The number of hydrogen-bond donors (Lipinski definition) is 0. The Morgan fingerprint density at radius 1 is 0.615 bits per heavy atom. The molecule has 0 saturated heterocycles. The van der Waals surface area contributed by atoms with Gasteiger partial charge in [0.05, 0.1) is 8.07 Å². The molecule has 6 aromatic carbocycles. The molecule has 9 rings (SSSR count). The Kier molecular flexibility index (Phi) is 8.71. The Morgan fingerprint density at radius 3 is 2.08 bits per heavy atom. The second-order valence-electron chi connectivity index (χ2n) is 13.8. The summed E-state index contributed by atoms with van der Waals surface area (Å²) in [6.45, 7) is 9.13. The third kappa shape index (κ3) is 5.59. The molecule has 0 saturated carbocycles. The predicted molar refractivity (Wildman–Crippen MR) is 213 cm³/mol. The van der Waals surface area contributed by atoms with Crippen molar-refractivity contribution < 1.29 is 26.0 Å². The molecule has 52 heavy (non-hydrogen) atoms. The SMILES string of the molecule is Cc1cccc(C)c1-c1ccnc(-n2c3[c-]c([Si](C)(C)c4[c-]c(N5[OH+]N(c6ccccc6)c6ccccc65)ccc4)ccc3c3ccccc32)c1.[Pt]. The normalized spacial score (nSPS) is 12.7. The van der Waals surface area contributed by atoms with Crippen LogP contribution in [0.5, 0.6) is 0 Å². The first kappa shape index (κ1) is 33.9. The number of rotatable bonds is 6. The van der Waals surface area contributed by atoms with E-state index in [9.17, 15) is 0 Å². The average molecular weight is 873 g/mol. The first-order chi connectivity index (χ1) is 24.9. The molecule has 5 nitrogen and oxygen atoms in total. The van der Waals surface area contributed by atoms with Crippen molar-refractivity contribution in [3.63, 3.8) is 0 Å². The van der Waals surface area contributed by atoms with Gasteiger partial charge in [-0.1, -0.05) is 90.4 Å². The molecule has 0 amide bonds. The third-order valence-corrected chi connectivity index (χ3v) is 13.5. The first-order valence-corrected chi connectivity index (χ1v) is 20.4. The van der Waals surface area contributed by atoms with Crippen molar-refractivity contribution in [2.75, 3.05) is 10.1 Å². The van der Waals surface area contributed by atoms with E-state index in [4.69, 9.17) is 9.92 Å². The number of aryl methyl sites for hydroxylation is 2. The fourth-order valence-electron chi connectivity index (χ4n) is 7.50. The Bertz CT molecular complexity index is 2580. The van der Waals surface area contributed by atoms with E-state index in [1.807, 2.05) is 34.5 Å². The number of benzene rings is 6. The molecule has 1 aliphatic rings. The van der Waals surface area contributed by atoms with Crippen LogP contribution in [0.2, 0.25) is 13.1 Å². The van der Waals surface area contributed by atoms with Crippen molar-refractivity contribution in [1.82, 2.24) is 9.55 Å². The second-order valence-corrected chi connectivity index (χ2v) is 18.1. The van der Waals surface area contributed by atoms with Crippen molar-refractivity contribution in [3.8, 4) is 16.9 Å². The van der Waals surface area contributed by atoms with E-state index < -0.39 is 8.07 Å². The van der Waals surface area contributed by atoms with E-state index in [1.165, 1.54) is 43.4 Å². The van der Waals surface area contributed by atoms with Gasteiger partial charge in [0.15, 0.2) is 0 Å². The van der Waals surface area contributed by atoms with Crippen LogP contribution in [0.4, 0.5) is 22.7 Å². The van der Waals surface area contributed by atoms with Crippen molar-refractivity contribution in [3.05, 3.63) is 169 Å². The number of aromatic nitrogens is 2. The van der Waals surface area contributed by atoms with Crippen LogP contribution < -0.4 is 20.5 Å². The number of pyridine rings is 1. The third-order valence-electron chi connectivity index (χ3n) is 10.2. The van der Waals surface area contributed by atoms with E-state index in [0.29, 0.717) is 0 Å². The quantitative estimate of drug-likeness (QED) is 0.0949. The van der Waals surface area contributed by atoms with Gasteiger partial charge in [0.1, 0.15) is 22.9 Å². The molecule has 258 valence electrons. The van der Waals surface area contributed by atoms with Gasteiger partial charge in [-0.3, -0.25) is 0 Å². The molecule has 1 N–H and O–H groups in total. The number of para-hydroxylation sites is 4. The maximum atomic E-state index is 5.08. The molecule has 3 heterocycles. The molecule has 1 aliphatic heterocycles. The largest absolute Gasteiger partial charge is 0.319 e. The molecular weight excluding hydrogens is 836 g/mol. The van der Waals surface area contributed by atoms with Gasteiger partial charge >= 0.3 is 0 Å². The summed E-state index contributed by atoms with van der Waals surface area (Å²) in [4.78, 5) is 10.0. The van der Waals surface area contributed by atoms with Crippen LogP contribution in [0, 0.1) is 26.0 Å². The Labute approximate surface area is 319 Å². The average Bonchev–Trinajstić information content (AvgIpc) is 3.72. The van der Waals surface area contributed by atoms with Gasteiger partial charge in [-0.05, 0) is 84.0 Å². The van der Waals surface area contributed by atoms with E-state index in [1.54, 1.807) is 0 Å². The van der Waals surface area contributed by atoms with Crippen LogP contribution in [0.1, 0.15) is 11.1 Å². The Morgan fingerprint density at radius 2 is 1.29 bits per heavy atom. The number of fused-ring (bicyclic) bond motifs is 4. The van der Waals surface area contributed by atoms with E-state index in [0.717, 1.165) is 39.6 Å². The van der Waals surface area contributed by atoms with E-state index in [2.05, 4.69) is 165 Å². The molecule has 2 aromatic heterocycles. The van der Waals surface area contributed by atoms with Gasteiger partial charge in [-0.25, -0.2) is 4.98 Å². The molecule has 0 aliphatic carbocycles. The van der Waals surface area contributed by atoms with Gasteiger partial charge in [0, 0.05) is 38.5 Å². The Hall–Kier alpha value is -5.26. The second kappa shape index (κ2) is 13.4. The summed E-state index contributed by atoms with van der Waals surface area (Å²) in [5.41, 5.74) is 11.1. The van der Waals surface area contributed by atoms with Crippen molar-refractivity contribution in [1.29, 1.82) is 0 Å². The zero-order valence-corrected chi connectivity index (χ0v) is 32.7. The van der Waals surface area contributed by atoms with Crippen molar-refractivity contribution >= 4 is 63.0 Å². The minimum atomic E-state index is -2.31. The standard InChI is InChI=1S/C45H36N4OSi.Pt/c1-31-14-12-15-32(2)45(31)33-26-27-46-44(28-33)47-40-21-9-8-20-38(40)39-25-24-37(30-43(39)47)51(3,4)36-19-13-18-35(29-36)49-42-23-11-10-22-41(42)48(50-49)34-16-6-5-7-17-34;/h5-28H,1-4H3;/q-2;/p+1. The van der Waals surface area contributed by atoms with E-state index >= 15 is 0 Å². The summed E-state index contributed by atoms with van der Waals surface area (Å²) in [7, 11) is -2.31. The summed E-state index contributed by atoms with van der Waals surface area (Å²) < 4.78 is 2.29. The van der Waals surface area contributed by atoms with Crippen molar-refractivity contribution in [2.24, 2.45) is 0 Å². The fraction of sp³-hybridized carbons (Fsp3) is 0.0889. The zero-order chi connectivity index (χ0) is 34.7. The number of hydrogen-bond acceptors (Lipinski definition) is 3. The molecular formula is C45H37N4OPtSi-. The maximum absolute atomic E-state index is 5.08. The molecule has 0 spiro atoms. The smallest absolute Gasteiger partial charge is 0.148 e. The fourth-order valence-corrected chi connectivity index (χ4v) is 9.67. The Balaban J connectivity index is 0.00000387. The molecule has 0 atom stereocenters. The van der Waals surface area contributed by atoms with Crippen LogP contribution in [0.3, 0.4) is 0 Å². The molecule has 0 unspecified atom stereocenters. The summed E-state index contributed by atoms with van der Waals surface area (Å²) in [6, 6.07) is 56.8. The van der Waals surface area contributed by atoms with Crippen molar-refractivity contribution in [2.45, 2.75) is 26.9 Å². The first-order valence-electron chi connectivity index (χ1n) is 17.4. The van der Waals surface area contributed by atoms with Crippen LogP contribution >= 0.6 is 0 Å². The minimum Gasteiger partial charge on any atom is -0.319 e. The molecule has 8 aromatic rings. The summed E-state index contributed by atoms with van der Waals surface area (Å²) >= 11 is 0. The van der Waals surface area contributed by atoms with Gasteiger partial charge < -0.3 is 4.57 Å². The maximum Gasteiger partial charge on any atom is 0.148 e. The summed E-state index contributed by atoms with van der Waals surface area (Å²) in [5, 5.41) is 8.78. The van der Waals surface area contributed by atoms with Gasteiger partial charge in [-0.15, -0.1) is 16.5 Å². The van der Waals surface area contributed by atoms with Gasteiger partial charge in [0.25, 0.3) is 0 Å². The number of anilines is 4. The molecule has 7 heteroatoms. The number of nitrogens with zero attached hydrogens (tertiary/aromatic N) is 4. The molecule has 0 bridgehead atoms. The monoisotopic (exact) mass is 872 g/mol. The van der Waals surface area contributed by atoms with Crippen LogP contribution in [0.25, 0.3) is 38.8 Å². The van der Waals surface area contributed by atoms with Crippen LogP contribution in [-0.4, -0.2) is 22.6 Å². The minimum absolute atomic E-state index is 0. The summed E-state index contributed by atoms with van der Waals surface area (Å²) in [6.07, 6.45) is 1.93. The van der Waals surface area contributed by atoms with Crippen LogP contribution in [0.15, 0.2) is 146 Å². The predicted octanol–water partition coefficient (Wildman–Crippen LogP) is 10.0. The van der Waals surface area contributed by atoms with E-state index in [-0.39, 0.29) is 21.1 Å². The summed E-state index contributed by atoms with van der Waals surface area (Å²) in [5.74, 6) is 0.889. The van der Waals surface area contributed by atoms with Crippen LogP contribution in [-0.2, 0) is 21.1 Å². The zero-order valence-electron chi connectivity index (χ0n) is 29.4. The van der Waals surface area contributed by atoms with Gasteiger partial charge in [0.2, 0.25) is 0 Å².